The van der Waals surface area contributed by atoms with Gasteiger partial charge in [0.2, 0.25) is 0 Å². The van der Waals surface area contributed by atoms with Gasteiger partial charge < -0.3 is 5.73 Å². The number of allylic oxidation sites excluding steroid dienone is 8. The zero-order chi connectivity index (χ0) is 31.5. The van der Waals surface area contributed by atoms with Crippen LogP contribution in [0.4, 0.5) is 0 Å². The van der Waals surface area contributed by atoms with Crippen LogP contribution in [-0.4, -0.2) is 6.04 Å². The Labute approximate surface area is 256 Å². The molecule has 11 atom stereocenters. The van der Waals surface area contributed by atoms with Crippen LogP contribution >= 0.6 is 0 Å². The fraction of sp³-hybridized carbons (Fsp3) is 0.667. The van der Waals surface area contributed by atoms with Crippen LogP contribution in [0.2, 0.25) is 0 Å². The van der Waals surface area contributed by atoms with Gasteiger partial charge in [-0.05, 0) is 92.3 Å². The number of nitrogens with two attached hydrogens (primary N) is 1. The Morgan fingerprint density at radius 3 is 2.05 bits per heavy atom. The van der Waals surface area contributed by atoms with E-state index in [1.807, 2.05) is 24.3 Å². The van der Waals surface area contributed by atoms with Crippen LogP contribution in [0.3, 0.4) is 0 Å². The second kappa shape index (κ2) is 21.6. The third-order valence-electron chi connectivity index (χ3n) is 9.84. The second-order valence-electron chi connectivity index (χ2n) is 13.3. The van der Waals surface area contributed by atoms with E-state index in [0.29, 0.717) is 53.3 Å². The molecular weight excluding hydrogens is 496 g/mol. The average Bonchev–Trinajstić information content (AvgIpc) is 2.94. The zero-order valence-corrected chi connectivity index (χ0v) is 28.4. The fourth-order valence-electron chi connectivity index (χ4n) is 6.46. The van der Waals surface area contributed by atoms with Crippen molar-refractivity contribution in [3.8, 4) is 6.07 Å². The monoisotopic (exact) mass is 563 g/mol. The van der Waals surface area contributed by atoms with Crippen LogP contribution in [0.25, 0.3) is 0 Å². The maximum Gasteiger partial charge on any atom is 0.0661 e. The first kappa shape index (κ1) is 38.9. The summed E-state index contributed by atoms with van der Waals surface area (Å²) in [6, 6.07) is 2.84. The van der Waals surface area contributed by atoms with E-state index in [2.05, 4.69) is 112 Å². The minimum atomic E-state index is 0.0294. The quantitative estimate of drug-likeness (QED) is 0.105. The highest BCUT2D eigenvalue weighted by Crippen LogP contribution is 2.35. The summed E-state index contributed by atoms with van der Waals surface area (Å²) in [6.45, 7) is 32.2. The van der Waals surface area contributed by atoms with Crippen LogP contribution in [-0.2, 0) is 0 Å². The van der Waals surface area contributed by atoms with Crippen molar-refractivity contribution in [2.75, 3.05) is 0 Å². The first-order chi connectivity index (χ1) is 19.4. The molecule has 0 fully saturated rings. The fourth-order valence-corrected chi connectivity index (χ4v) is 6.46. The van der Waals surface area contributed by atoms with Crippen LogP contribution < -0.4 is 5.73 Å². The molecule has 41 heavy (non-hydrogen) atoms. The molecule has 0 saturated heterocycles. The predicted octanol–water partition coefficient (Wildman–Crippen LogP) is 11.1. The molecule has 232 valence electrons. The van der Waals surface area contributed by atoms with Gasteiger partial charge in [-0.25, -0.2) is 0 Å². The molecule has 0 rings (SSSR count). The maximum atomic E-state index is 10.1. The van der Waals surface area contributed by atoms with E-state index in [9.17, 15) is 5.26 Å². The number of nitrogens with zero attached hydrogens (tertiary/aromatic N) is 1. The summed E-state index contributed by atoms with van der Waals surface area (Å²) in [5, 5.41) is 10.1. The first-order valence-electron chi connectivity index (χ1n) is 16.4. The molecule has 2 heteroatoms. The SMILES string of the molecule is C=C/C=C\CC(CC=C)C(C)C(C#N)C(C)C/C(C)=C\C(C)C(C)C/C=C\C(C)CC(CC)C(C)C(N)[C@@H](C)C=C. The van der Waals surface area contributed by atoms with E-state index < -0.39 is 0 Å². The van der Waals surface area contributed by atoms with Gasteiger partial charge in [0.05, 0.1) is 12.0 Å². The molecule has 0 radical (unpaired) electrons. The van der Waals surface area contributed by atoms with Crippen molar-refractivity contribution >= 4 is 0 Å². The lowest BCUT2D eigenvalue weighted by atomic mass is 9.73. The van der Waals surface area contributed by atoms with Gasteiger partial charge in [0.1, 0.15) is 0 Å². The Hall–Kier alpha value is -2.11. The Morgan fingerprint density at radius 2 is 1.51 bits per heavy atom. The van der Waals surface area contributed by atoms with Crippen LogP contribution in [0.1, 0.15) is 101 Å². The van der Waals surface area contributed by atoms with Crippen molar-refractivity contribution < 1.29 is 0 Å². The summed E-state index contributed by atoms with van der Waals surface area (Å²) >= 11 is 0. The minimum Gasteiger partial charge on any atom is -0.327 e. The summed E-state index contributed by atoms with van der Waals surface area (Å²) in [6.07, 6.45) is 23.5. The average molecular weight is 563 g/mol. The molecule has 0 aromatic rings. The van der Waals surface area contributed by atoms with Gasteiger partial charge in [0.25, 0.3) is 0 Å². The lowest BCUT2D eigenvalue weighted by Gasteiger charge is -2.32. The van der Waals surface area contributed by atoms with Crippen LogP contribution in [0.5, 0.6) is 0 Å². The van der Waals surface area contributed by atoms with E-state index >= 15 is 0 Å². The topological polar surface area (TPSA) is 49.8 Å². The van der Waals surface area contributed by atoms with Crippen LogP contribution in [0, 0.1) is 70.5 Å². The lowest BCUT2D eigenvalue weighted by molar-refractivity contribution is 0.233. The van der Waals surface area contributed by atoms with Crippen molar-refractivity contribution in [2.45, 2.75) is 107 Å². The van der Waals surface area contributed by atoms with E-state index in [0.717, 1.165) is 25.7 Å². The van der Waals surface area contributed by atoms with Gasteiger partial charge in [-0.3, -0.25) is 0 Å². The largest absolute Gasteiger partial charge is 0.327 e. The standard InChI is InChI=1S/C39H66N2/c1-13-17-18-23-37(20-14-2)34(11)38(27-40)33(10)25-29(6)24-32(9)31(8)22-19-21-28(5)26-36(16-4)35(12)39(41)30(7)15-3/h13-15,17-19,21,24,28,30-39H,1-3,16,20,22-23,25-26,41H2,4-12H3/b18-17-,21-19-,29-24-/t28?,30-,31?,32?,33?,34?,35?,36?,37?,38?,39?/m0/s1. The number of nitriles is 1. The second-order valence-corrected chi connectivity index (χ2v) is 13.3. The highest BCUT2D eigenvalue weighted by molar-refractivity contribution is 5.06. The third-order valence-corrected chi connectivity index (χ3v) is 9.84. The molecule has 0 bridgehead atoms. The molecule has 0 aliphatic heterocycles. The molecule has 0 amide bonds. The molecule has 0 aliphatic carbocycles. The summed E-state index contributed by atoms with van der Waals surface area (Å²) in [7, 11) is 0. The Balaban J connectivity index is 5.08. The van der Waals surface area contributed by atoms with Gasteiger partial charge in [-0.15, -0.1) is 13.2 Å². The molecule has 2 N–H and O–H groups in total. The predicted molar refractivity (Wildman–Crippen MR) is 184 cm³/mol. The highest BCUT2D eigenvalue weighted by atomic mass is 14.7. The van der Waals surface area contributed by atoms with E-state index in [1.54, 1.807) is 0 Å². The smallest absolute Gasteiger partial charge is 0.0661 e. The molecular formula is C39H66N2. The minimum absolute atomic E-state index is 0.0294. The maximum absolute atomic E-state index is 10.1. The van der Waals surface area contributed by atoms with Gasteiger partial charge in [0, 0.05) is 6.04 Å². The lowest BCUT2D eigenvalue weighted by Crippen LogP contribution is -2.38. The van der Waals surface area contributed by atoms with E-state index in [4.69, 9.17) is 5.73 Å². The van der Waals surface area contributed by atoms with Gasteiger partial charge in [-0.1, -0.05) is 123 Å². The van der Waals surface area contributed by atoms with Crippen molar-refractivity contribution in [3.05, 3.63) is 73.9 Å². The van der Waals surface area contributed by atoms with Crippen molar-refractivity contribution in [3.63, 3.8) is 0 Å². The van der Waals surface area contributed by atoms with E-state index in [1.165, 1.54) is 18.4 Å². The number of hydrogen-bond donors (Lipinski definition) is 1. The van der Waals surface area contributed by atoms with Crippen LogP contribution in [0.15, 0.2) is 73.9 Å². The zero-order valence-electron chi connectivity index (χ0n) is 28.4. The molecule has 0 aliphatic rings. The number of rotatable bonds is 22. The van der Waals surface area contributed by atoms with Crippen molar-refractivity contribution in [2.24, 2.45) is 64.9 Å². The van der Waals surface area contributed by atoms with Crippen molar-refractivity contribution in [1.29, 1.82) is 5.26 Å². The molecule has 10 unspecified atom stereocenters. The van der Waals surface area contributed by atoms with Crippen molar-refractivity contribution in [1.82, 2.24) is 0 Å². The molecule has 0 aromatic carbocycles. The van der Waals surface area contributed by atoms with Gasteiger partial charge in [0.15, 0.2) is 0 Å². The highest BCUT2D eigenvalue weighted by Gasteiger charge is 2.29. The summed E-state index contributed by atoms with van der Waals surface area (Å²) in [4.78, 5) is 0. The van der Waals surface area contributed by atoms with Gasteiger partial charge >= 0.3 is 0 Å². The Morgan fingerprint density at radius 1 is 0.854 bits per heavy atom. The number of hydrogen-bond acceptors (Lipinski definition) is 2. The molecule has 0 saturated carbocycles. The third kappa shape index (κ3) is 14.6. The summed E-state index contributed by atoms with van der Waals surface area (Å²) in [5.41, 5.74) is 7.93. The first-order valence-corrected chi connectivity index (χ1v) is 16.4. The summed E-state index contributed by atoms with van der Waals surface area (Å²) < 4.78 is 0. The molecule has 0 heterocycles. The Kier molecular flexibility index (Phi) is 20.5. The normalized spacial score (nSPS) is 20.7. The Bertz CT molecular complexity index is 870. The molecule has 0 spiro atoms. The summed E-state index contributed by atoms with van der Waals surface area (Å²) in [5.74, 6) is 4.19. The van der Waals surface area contributed by atoms with E-state index in [-0.39, 0.29) is 12.0 Å². The molecule has 0 aromatic heterocycles. The van der Waals surface area contributed by atoms with Gasteiger partial charge in [-0.2, -0.15) is 5.26 Å². The molecule has 2 nitrogen and oxygen atoms in total.